The minimum atomic E-state index is -0.738. The van der Waals surface area contributed by atoms with Crippen LogP contribution in [0, 0.1) is 11.8 Å². The highest BCUT2D eigenvalue weighted by Crippen LogP contribution is 2.66. The Labute approximate surface area is 144 Å². The van der Waals surface area contributed by atoms with Gasteiger partial charge in [0.25, 0.3) is 0 Å². The highest BCUT2D eigenvalue weighted by molar-refractivity contribution is 5.35. The van der Waals surface area contributed by atoms with Crippen molar-refractivity contribution in [2.45, 2.75) is 94.9 Å². The van der Waals surface area contributed by atoms with E-state index >= 15 is 0 Å². The van der Waals surface area contributed by atoms with Gasteiger partial charge in [0.2, 0.25) is 0 Å². The summed E-state index contributed by atoms with van der Waals surface area (Å²) in [5.41, 5.74) is 1.55. The Kier molecular flexibility index (Phi) is 2.93. The van der Waals surface area contributed by atoms with Gasteiger partial charge in [0.15, 0.2) is 5.79 Å². The van der Waals surface area contributed by atoms with E-state index in [4.69, 9.17) is 14.2 Å². The van der Waals surface area contributed by atoms with E-state index in [1.54, 1.807) is 0 Å². The first-order chi connectivity index (χ1) is 11.2. The molecule has 4 fully saturated rings. The molecule has 24 heavy (non-hydrogen) atoms. The van der Waals surface area contributed by atoms with Crippen molar-refractivity contribution >= 4 is 0 Å². The normalized spacial score (nSPS) is 59.1. The van der Waals surface area contributed by atoms with E-state index in [-0.39, 0.29) is 23.2 Å². The molecule has 5 aliphatic rings. The van der Waals surface area contributed by atoms with Gasteiger partial charge in [-0.2, -0.15) is 0 Å². The summed E-state index contributed by atoms with van der Waals surface area (Å²) >= 11 is 0. The fourth-order valence-electron chi connectivity index (χ4n) is 6.59. The molecule has 0 aromatic carbocycles. The molecule has 7 atom stereocenters. The third-order valence-electron chi connectivity index (χ3n) is 7.92. The fraction of sp³-hybridized carbons (Fsp3) is 0.900. The molecule has 4 saturated heterocycles. The van der Waals surface area contributed by atoms with Crippen LogP contribution in [0.15, 0.2) is 11.1 Å². The lowest BCUT2D eigenvalue weighted by Gasteiger charge is -2.45. The average molecular weight is 334 g/mol. The summed E-state index contributed by atoms with van der Waals surface area (Å²) in [6, 6.07) is 0. The lowest BCUT2D eigenvalue weighted by molar-refractivity contribution is -0.262. The van der Waals surface area contributed by atoms with Gasteiger partial charge in [-0.05, 0) is 83.3 Å². The van der Waals surface area contributed by atoms with Crippen molar-refractivity contribution < 1.29 is 19.3 Å². The van der Waals surface area contributed by atoms with E-state index in [0.717, 1.165) is 38.5 Å². The molecule has 5 aliphatic heterocycles. The molecule has 1 spiro atoms. The molecule has 5 heterocycles. The van der Waals surface area contributed by atoms with Crippen LogP contribution >= 0.6 is 0 Å². The molecule has 4 heteroatoms. The van der Waals surface area contributed by atoms with Crippen LogP contribution in [0.25, 0.3) is 0 Å². The molecule has 5 rings (SSSR count). The Balaban J connectivity index is 1.67. The highest BCUT2D eigenvalue weighted by atomic mass is 16.7. The SMILES string of the molecule is CC1=C2CC[C@]3(C)O[C@@]2(OC1)[C@@H]1[C@@H]3CC[C@](C)(O)[C@@H]2CC[C@@]1(C)O2. The predicted octanol–water partition coefficient (Wildman–Crippen LogP) is 3.33. The van der Waals surface area contributed by atoms with Gasteiger partial charge in [0, 0.05) is 0 Å². The van der Waals surface area contributed by atoms with Crippen LogP contribution in [-0.2, 0) is 14.2 Å². The molecule has 134 valence electrons. The summed E-state index contributed by atoms with van der Waals surface area (Å²) in [4.78, 5) is 0. The molecule has 0 saturated carbocycles. The van der Waals surface area contributed by atoms with E-state index in [0.29, 0.717) is 12.5 Å². The first kappa shape index (κ1) is 15.8. The molecule has 0 unspecified atom stereocenters. The van der Waals surface area contributed by atoms with Crippen LogP contribution < -0.4 is 0 Å². The maximum atomic E-state index is 10.9. The summed E-state index contributed by atoms with van der Waals surface area (Å²) in [6.07, 6.45) is 5.73. The van der Waals surface area contributed by atoms with E-state index in [1.807, 2.05) is 6.92 Å². The second-order valence-corrected chi connectivity index (χ2v) is 9.57. The van der Waals surface area contributed by atoms with Crippen LogP contribution in [0.5, 0.6) is 0 Å². The summed E-state index contributed by atoms with van der Waals surface area (Å²) in [7, 11) is 0. The third-order valence-corrected chi connectivity index (χ3v) is 7.92. The smallest absolute Gasteiger partial charge is 0.198 e. The first-order valence-electron chi connectivity index (χ1n) is 9.64. The summed E-state index contributed by atoms with van der Waals surface area (Å²) in [5, 5.41) is 10.9. The van der Waals surface area contributed by atoms with E-state index in [2.05, 4.69) is 20.8 Å². The van der Waals surface area contributed by atoms with Crippen LogP contribution in [0.3, 0.4) is 0 Å². The van der Waals surface area contributed by atoms with Gasteiger partial charge in [-0.1, -0.05) is 0 Å². The number of fused-ring (bicyclic) bond motifs is 6. The molecular formula is C20H30O4. The molecule has 0 amide bonds. The Hall–Kier alpha value is -0.420. The predicted molar refractivity (Wildman–Crippen MR) is 89.5 cm³/mol. The highest BCUT2D eigenvalue weighted by Gasteiger charge is 2.72. The van der Waals surface area contributed by atoms with Crippen molar-refractivity contribution in [2.24, 2.45) is 11.8 Å². The largest absolute Gasteiger partial charge is 0.387 e. The van der Waals surface area contributed by atoms with Crippen molar-refractivity contribution in [1.29, 1.82) is 0 Å². The standard InChI is InChI=1S/C20H30O4/c1-12-11-22-20-13(12)6-9-18(3,24-20)14-5-8-17(2,21)15-7-10-19(4,23-15)16(14)20/h14-16,21H,5-11H2,1-4H3/t14-,15-,16+,17-,18-,19+,20+/m0/s1. The number of aliphatic hydroxyl groups is 1. The maximum Gasteiger partial charge on any atom is 0.198 e. The topological polar surface area (TPSA) is 47.9 Å². The van der Waals surface area contributed by atoms with Crippen LogP contribution in [0.1, 0.15) is 66.2 Å². The van der Waals surface area contributed by atoms with Crippen molar-refractivity contribution in [3.8, 4) is 0 Å². The van der Waals surface area contributed by atoms with Crippen molar-refractivity contribution in [3.63, 3.8) is 0 Å². The lowest BCUT2D eigenvalue weighted by atomic mass is 9.68. The van der Waals surface area contributed by atoms with Crippen LogP contribution in [0.4, 0.5) is 0 Å². The van der Waals surface area contributed by atoms with Gasteiger partial charge >= 0.3 is 0 Å². The summed E-state index contributed by atoms with van der Waals surface area (Å²) in [5.74, 6) is 0.0247. The van der Waals surface area contributed by atoms with E-state index in [1.165, 1.54) is 11.1 Å². The first-order valence-corrected chi connectivity index (χ1v) is 9.64. The second kappa shape index (κ2) is 4.46. The zero-order valence-corrected chi connectivity index (χ0v) is 15.4. The molecule has 4 nitrogen and oxygen atoms in total. The molecule has 0 aromatic rings. The van der Waals surface area contributed by atoms with Gasteiger partial charge in [-0.3, -0.25) is 0 Å². The van der Waals surface area contributed by atoms with Crippen LogP contribution in [0.2, 0.25) is 0 Å². The quantitative estimate of drug-likeness (QED) is 0.690. The van der Waals surface area contributed by atoms with Crippen molar-refractivity contribution in [3.05, 3.63) is 11.1 Å². The van der Waals surface area contributed by atoms with Crippen molar-refractivity contribution in [1.82, 2.24) is 0 Å². The summed E-state index contributed by atoms with van der Waals surface area (Å²) < 4.78 is 19.8. The van der Waals surface area contributed by atoms with E-state index in [9.17, 15) is 5.11 Å². The molecule has 0 aliphatic carbocycles. The Morgan fingerprint density at radius 2 is 1.83 bits per heavy atom. The lowest BCUT2D eigenvalue weighted by Crippen LogP contribution is -2.54. The van der Waals surface area contributed by atoms with Gasteiger partial charge < -0.3 is 19.3 Å². The number of ether oxygens (including phenoxy) is 3. The Bertz CT molecular complexity index is 625. The van der Waals surface area contributed by atoms with Crippen molar-refractivity contribution in [2.75, 3.05) is 6.61 Å². The second-order valence-electron chi connectivity index (χ2n) is 9.57. The van der Waals surface area contributed by atoms with Gasteiger partial charge in [0.1, 0.15) is 0 Å². The Morgan fingerprint density at radius 1 is 1.04 bits per heavy atom. The van der Waals surface area contributed by atoms with Gasteiger partial charge in [-0.15, -0.1) is 0 Å². The summed E-state index contributed by atoms with van der Waals surface area (Å²) in [6.45, 7) is 9.33. The number of hydrogen-bond donors (Lipinski definition) is 1. The Morgan fingerprint density at radius 3 is 2.62 bits per heavy atom. The minimum absolute atomic E-state index is 0.0666. The third kappa shape index (κ3) is 1.74. The molecule has 0 radical (unpaired) electrons. The monoisotopic (exact) mass is 334 g/mol. The zero-order valence-electron chi connectivity index (χ0n) is 15.4. The fourth-order valence-corrected chi connectivity index (χ4v) is 6.59. The average Bonchev–Trinajstić information content (AvgIpc) is 3.10. The molecule has 0 aromatic heterocycles. The zero-order chi connectivity index (χ0) is 17.0. The molecule has 1 N–H and O–H groups in total. The minimum Gasteiger partial charge on any atom is -0.387 e. The van der Waals surface area contributed by atoms with Gasteiger partial charge in [0.05, 0.1) is 35.4 Å². The number of rotatable bonds is 0. The maximum absolute atomic E-state index is 10.9. The van der Waals surface area contributed by atoms with E-state index < -0.39 is 11.4 Å². The molecular weight excluding hydrogens is 304 g/mol. The molecule has 4 bridgehead atoms. The number of hydrogen-bond acceptors (Lipinski definition) is 4. The van der Waals surface area contributed by atoms with Crippen LogP contribution in [-0.4, -0.2) is 40.4 Å². The van der Waals surface area contributed by atoms with Gasteiger partial charge in [-0.25, -0.2) is 0 Å².